The lowest BCUT2D eigenvalue weighted by molar-refractivity contribution is 0.660. The average Bonchev–Trinajstić information content (AvgIpc) is 4.08. The van der Waals surface area contributed by atoms with Crippen LogP contribution in [0.4, 0.5) is 0 Å². The van der Waals surface area contributed by atoms with E-state index in [4.69, 9.17) is 9.97 Å². The molecule has 0 amide bonds. The second-order valence-electron chi connectivity index (χ2n) is 18.4. The number of rotatable bonds is 5. The Morgan fingerprint density at radius 1 is 0.455 bits per heavy atom. The maximum Gasteiger partial charge on any atom is 0.235 e. The highest BCUT2D eigenvalue weighted by atomic mass is 15.2. The fourth-order valence-electron chi connectivity index (χ4n) is 11.6. The molecule has 0 bridgehead atoms. The first-order valence-corrected chi connectivity index (χ1v) is 23.1. The summed E-state index contributed by atoms with van der Waals surface area (Å²) >= 11 is 0. The fraction of sp³-hybridized carbons (Fsp3) is 0.0820. The molecule has 0 aliphatic heterocycles. The molecule has 2 aliphatic carbocycles. The van der Waals surface area contributed by atoms with Gasteiger partial charge in [0.2, 0.25) is 5.95 Å². The Bertz CT molecular complexity index is 3950. The largest absolute Gasteiger partial charge is 0.313 e. The van der Waals surface area contributed by atoms with Crippen LogP contribution in [0.3, 0.4) is 0 Å². The standard InChI is InChI=1S/C61H43N5/c1-61(2)46-26-13-9-22-41(46)45-36-40(32-33-47(45)61)64-50-27-14-11-24-43(50)58-55(64)34-35-56-59(58)44-25-12-15-28-51(44)65(56)53-30-17-31-54-57(53)42-23-10-16-29-52(42)66(54)60-62-48(38-18-5-3-6-19-38)37-49(63-60)39-20-7-4-8-21-39/h3-13,15-26,28-37H,14,27H2,1-2H3. The van der Waals surface area contributed by atoms with Gasteiger partial charge in [-0.3, -0.25) is 4.57 Å². The number of hydrogen-bond acceptors (Lipinski definition) is 2. The van der Waals surface area contributed by atoms with Crippen LogP contribution in [0.25, 0.3) is 112 Å². The summed E-state index contributed by atoms with van der Waals surface area (Å²) in [6.45, 7) is 4.72. The molecule has 8 aromatic carbocycles. The molecule has 4 heterocycles. The zero-order valence-electron chi connectivity index (χ0n) is 36.7. The van der Waals surface area contributed by atoms with Gasteiger partial charge in [0.05, 0.1) is 44.7 Å². The molecular formula is C61H43N5. The minimum absolute atomic E-state index is 0.0428. The summed E-state index contributed by atoms with van der Waals surface area (Å²) in [6, 6.07) is 68.3. The van der Waals surface area contributed by atoms with Gasteiger partial charge in [0.1, 0.15) is 0 Å². The smallest absolute Gasteiger partial charge is 0.235 e. The van der Waals surface area contributed by atoms with Gasteiger partial charge in [-0.15, -0.1) is 0 Å². The van der Waals surface area contributed by atoms with Gasteiger partial charge in [0.15, 0.2) is 0 Å². The maximum absolute atomic E-state index is 5.34. The van der Waals surface area contributed by atoms with E-state index in [0.29, 0.717) is 5.95 Å². The molecule has 12 aromatic rings. The number of allylic oxidation sites excluding steroid dienone is 1. The highest BCUT2D eigenvalue weighted by Gasteiger charge is 2.36. The van der Waals surface area contributed by atoms with Crippen molar-refractivity contribution in [3.8, 4) is 51.0 Å². The van der Waals surface area contributed by atoms with Gasteiger partial charge in [-0.05, 0) is 89.7 Å². The molecule has 0 saturated carbocycles. The number of fused-ring (bicyclic) bond motifs is 13. The number of nitrogens with zero attached hydrogens (tertiary/aromatic N) is 5. The van der Waals surface area contributed by atoms with Gasteiger partial charge in [0, 0.05) is 60.4 Å². The molecule has 0 N–H and O–H groups in total. The van der Waals surface area contributed by atoms with Crippen molar-refractivity contribution in [1.82, 2.24) is 23.7 Å². The molecular weight excluding hydrogens is 803 g/mol. The third-order valence-electron chi connectivity index (χ3n) is 14.5. The average molecular weight is 846 g/mol. The Hall–Kier alpha value is -8.28. The molecule has 5 nitrogen and oxygen atoms in total. The Labute approximate surface area is 382 Å². The van der Waals surface area contributed by atoms with E-state index in [0.717, 1.165) is 62.8 Å². The summed E-state index contributed by atoms with van der Waals surface area (Å²) in [6.07, 6.45) is 6.75. The third-order valence-corrected chi connectivity index (χ3v) is 14.5. The van der Waals surface area contributed by atoms with Crippen LogP contribution in [0.5, 0.6) is 0 Å². The third kappa shape index (κ3) is 5.17. The van der Waals surface area contributed by atoms with Crippen LogP contribution >= 0.6 is 0 Å². The fourth-order valence-corrected chi connectivity index (χ4v) is 11.6. The normalized spacial score (nSPS) is 13.8. The first-order chi connectivity index (χ1) is 32.5. The van der Waals surface area contributed by atoms with Crippen molar-refractivity contribution in [1.29, 1.82) is 0 Å². The van der Waals surface area contributed by atoms with Gasteiger partial charge in [0.25, 0.3) is 0 Å². The second-order valence-corrected chi connectivity index (χ2v) is 18.4. The Morgan fingerprint density at radius 2 is 1.05 bits per heavy atom. The van der Waals surface area contributed by atoms with Crippen LogP contribution in [0.15, 0.2) is 194 Å². The van der Waals surface area contributed by atoms with E-state index < -0.39 is 0 Å². The predicted octanol–water partition coefficient (Wildman–Crippen LogP) is 15.2. The molecule has 14 rings (SSSR count). The lowest BCUT2D eigenvalue weighted by atomic mass is 9.82. The highest BCUT2D eigenvalue weighted by molar-refractivity contribution is 6.25. The first-order valence-electron chi connectivity index (χ1n) is 23.1. The lowest BCUT2D eigenvalue weighted by Crippen LogP contribution is -2.14. The first kappa shape index (κ1) is 37.1. The summed E-state index contributed by atoms with van der Waals surface area (Å²) in [5.41, 5.74) is 20.1. The molecule has 0 fully saturated rings. The van der Waals surface area contributed by atoms with Crippen LogP contribution < -0.4 is 0 Å². The summed E-state index contributed by atoms with van der Waals surface area (Å²) < 4.78 is 7.33. The number of para-hydroxylation sites is 2. The van der Waals surface area contributed by atoms with Crippen LogP contribution in [-0.4, -0.2) is 23.7 Å². The maximum atomic E-state index is 5.34. The van der Waals surface area contributed by atoms with Crippen LogP contribution in [0.1, 0.15) is 42.7 Å². The van der Waals surface area contributed by atoms with Crippen molar-refractivity contribution >= 4 is 60.6 Å². The summed E-state index contributed by atoms with van der Waals surface area (Å²) in [5.74, 6) is 0.640. The Balaban J connectivity index is 1.03. The lowest BCUT2D eigenvalue weighted by Gasteiger charge is -2.21. The van der Waals surface area contributed by atoms with Crippen LogP contribution in [0, 0.1) is 0 Å². The van der Waals surface area contributed by atoms with Crippen molar-refractivity contribution in [3.63, 3.8) is 0 Å². The van der Waals surface area contributed by atoms with Crippen molar-refractivity contribution < 1.29 is 0 Å². The number of hydrogen-bond donors (Lipinski definition) is 0. The zero-order chi connectivity index (χ0) is 43.7. The van der Waals surface area contributed by atoms with Crippen molar-refractivity contribution in [2.45, 2.75) is 32.1 Å². The van der Waals surface area contributed by atoms with E-state index in [2.05, 4.69) is 216 Å². The molecule has 0 unspecified atom stereocenters. The van der Waals surface area contributed by atoms with Crippen molar-refractivity contribution in [2.75, 3.05) is 0 Å². The van der Waals surface area contributed by atoms with E-state index in [1.165, 1.54) is 71.9 Å². The number of aromatic nitrogens is 5. The molecule has 5 heteroatoms. The Kier molecular flexibility index (Phi) is 7.80. The summed E-state index contributed by atoms with van der Waals surface area (Å²) in [5, 5.41) is 6.14. The van der Waals surface area contributed by atoms with E-state index in [-0.39, 0.29) is 5.41 Å². The van der Waals surface area contributed by atoms with Crippen molar-refractivity contribution in [2.24, 2.45) is 0 Å². The zero-order valence-corrected chi connectivity index (χ0v) is 36.7. The summed E-state index contributed by atoms with van der Waals surface area (Å²) in [7, 11) is 0. The molecule has 2 aliphatic rings. The van der Waals surface area contributed by atoms with Gasteiger partial charge in [-0.1, -0.05) is 159 Å². The molecule has 0 radical (unpaired) electrons. The van der Waals surface area contributed by atoms with Crippen LogP contribution in [0.2, 0.25) is 0 Å². The second kappa shape index (κ2) is 13.9. The molecule has 4 aromatic heterocycles. The van der Waals surface area contributed by atoms with E-state index >= 15 is 0 Å². The van der Waals surface area contributed by atoms with Gasteiger partial charge >= 0.3 is 0 Å². The monoisotopic (exact) mass is 845 g/mol. The molecule has 0 atom stereocenters. The van der Waals surface area contributed by atoms with Crippen LogP contribution in [-0.2, 0) is 11.8 Å². The molecule has 0 spiro atoms. The highest BCUT2D eigenvalue weighted by Crippen LogP contribution is 2.50. The Morgan fingerprint density at radius 3 is 1.79 bits per heavy atom. The number of benzene rings is 8. The quantitative estimate of drug-likeness (QED) is 0.173. The van der Waals surface area contributed by atoms with Crippen molar-refractivity contribution in [3.05, 3.63) is 217 Å². The minimum Gasteiger partial charge on any atom is -0.313 e. The predicted molar refractivity (Wildman–Crippen MR) is 273 cm³/mol. The topological polar surface area (TPSA) is 40.6 Å². The van der Waals surface area contributed by atoms with Gasteiger partial charge < -0.3 is 9.13 Å². The SMILES string of the molecule is CC1(C)c2ccccc2-c2cc(-n3c4c(c5c6c7ccccc7n(-c7cccc8c7c7ccccc7n8-c7nc(-c8ccccc8)cc(-c8ccccc8)n7)c6ccc53)C=CCC4)ccc21. The van der Waals surface area contributed by atoms with E-state index in [9.17, 15) is 0 Å². The molecule has 0 saturated heterocycles. The van der Waals surface area contributed by atoms with E-state index in [1.54, 1.807) is 0 Å². The van der Waals surface area contributed by atoms with E-state index in [1.807, 2.05) is 12.1 Å². The minimum atomic E-state index is -0.0428. The van der Waals surface area contributed by atoms with Gasteiger partial charge in [-0.2, -0.15) is 0 Å². The van der Waals surface area contributed by atoms with Gasteiger partial charge in [-0.25, -0.2) is 9.97 Å². The molecule has 66 heavy (non-hydrogen) atoms. The summed E-state index contributed by atoms with van der Waals surface area (Å²) in [4.78, 5) is 10.7. The molecule has 312 valence electrons.